The number of nitrogens with zero attached hydrogens (tertiary/aromatic N) is 2. The number of carbonyl (C=O) groups is 1. The minimum absolute atomic E-state index is 0. The van der Waals surface area contributed by atoms with E-state index in [-0.39, 0.29) is 41.7 Å². The van der Waals surface area contributed by atoms with Gasteiger partial charge in [0.25, 0.3) is 5.91 Å². The third kappa shape index (κ3) is 6.36. The molecule has 0 unspecified atom stereocenters. The molecule has 0 atom stereocenters. The van der Waals surface area contributed by atoms with Crippen LogP contribution in [-0.4, -0.2) is 23.4 Å². The predicted molar refractivity (Wildman–Crippen MR) is 109 cm³/mol. The average Bonchev–Trinajstić information content (AvgIpc) is 3.18. The molecule has 1 amide bonds. The number of carbonyl (C=O) groups excluding carboxylic acids is 1. The second kappa shape index (κ2) is 9.60. The maximum absolute atomic E-state index is 11.0. The second-order valence-electron chi connectivity index (χ2n) is 6.55. The first kappa shape index (κ1) is 22.0. The van der Waals surface area contributed by atoms with Crippen LogP contribution < -0.4 is 16.4 Å². The van der Waals surface area contributed by atoms with E-state index in [9.17, 15) is 4.79 Å². The van der Waals surface area contributed by atoms with Crippen LogP contribution in [0.2, 0.25) is 0 Å². The van der Waals surface area contributed by atoms with Gasteiger partial charge in [0.1, 0.15) is 18.1 Å². The van der Waals surface area contributed by atoms with Crippen molar-refractivity contribution in [3.8, 4) is 0 Å². The first-order valence-corrected chi connectivity index (χ1v) is 8.15. The fourth-order valence-corrected chi connectivity index (χ4v) is 1.99. The fraction of sp³-hybridized carbons (Fsp3) is 0.471. The van der Waals surface area contributed by atoms with Gasteiger partial charge in [0.2, 0.25) is 5.89 Å². The molecular weight excluding hydrogens is 449 g/mol. The van der Waals surface area contributed by atoms with E-state index in [1.165, 1.54) is 6.07 Å². The molecule has 0 fully saturated rings. The monoisotopic (exact) mass is 475 g/mol. The van der Waals surface area contributed by atoms with Gasteiger partial charge in [0, 0.05) is 12.0 Å². The summed E-state index contributed by atoms with van der Waals surface area (Å²) < 4.78 is 11.1. The van der Waals surface area contributed by atoms with Gasteiger partial charge < -0.3 is 25.2 Å². The summed E-state index contributed by atoms with van der Waals surface area (Å²) in [6.07, 6.45) is 1.75. The number of oxazole rings is 1. The van der Waals surface area contributed by atoms with Crippen molar-refractivity contribution in [1.82, 2.24) is 15.6 Å². The number of nitrogens with one attached hydrogen (secondary N) is 2. The fourth-order valence-electron chi connectivity index (χ4n) is 1.99. The normalized spacial score (nSPS) is 11.8. The molecule has 2 heterocycles. The third-order valence-corrected chi connectivity index (χ3v) is 3.34. The lowest BCUT2D eigenvalue weighted by Gasteiger charge is -2.13. The number of nitrogens with two attached hydrogens (primary N) is 1. The Morgan fingerprint density at radius 2 is 2.00 bits per heavy atom. The molecule has 0 radical (unpaired) electrons. The van der Waals surface area contributed by atoms with Gasteiger partial charge in [-0.2, -0.15) is 0 Å². The highest BCUT2D eigenvalue weighted by atomic mass is 127. The number of aromatic nitrogens is 1. The lowest BCUT2D eigenvalue weighted by atomic mass is 9.94. The standard InChI is InChI=1S/C17H25N5O3.HI/c1-5-19-16(21-8-11-6-7-12(24-11)15(18)23)22-10-14-20-9-13(25-14)17(2,3)4;/h6-7,9H,5,8,10H2,1-4H3,(H2,18,23)(H2,19,21,22);1H. The highest BCUT2D eigenvalue weighted by molar-refractivity contribution is 14.0. The van der Waals surface area contributed by atoms with Crippen LogP contribution in [0.1, 0.15) is 55.7 Å². The maximum atomic E-state index is 11.0. The Morgan fingerprint density at radius 3 is 2.54 bits per heavy atom. The first-order chi connectivity index (χ1) is 11.8. The van der Waals surface area contributed by atoms with Crippen molar-refractivity contribution < 1.29 is 13.6 Å². The summed E-state index contributed by atoms with van der Waals surface area (Å²) >= 11 is 0. The van der Waals surface area contributed by atoms with Gasteiger partial charge in [0.05, 0.1) is 12.7 Å². The zero-order chi connectivity index (χ0) is 18.4. The number of primary amides is 1. The van der Waals surface area contributed by atoms with E-state index in [0.29, 0.717) is 30.7 Å². The van der Waals surface area contributed by atoms with E-state index in [0.717, 1.165) is 5.76 Å². The average molecular weight is 475 g/mol. The molecule has 2 rings (SSSR count). The number of hydrogen-bond acceptors (Lipinski definition) is 5. The summed E-state index contributed by atoms with van der Waals surface area (Å²) in [5, 5.41) is 6.28. The molecular formula is C17H26IN5O3. The molecule has 2 aromatic rings. The largest absolute Gasteiger partial charge is 0.454 e. The molecule has 0 aliphatic heterocycles. The van der Waals surface area contributed by atoms with Crippen LogP contribution >= 0.6 is 24.0 Å². The van der Waals surface area contributed by atoms with E-state index >= 15 is 0 Å². The van der Waals surface area contributed by atoms with Gasteiger partial charge in [-0.3, -0.25) is 4.79 Å². The van der Waals surface area contributed by atoms with Crippen molar-refractivity contribution in [3.05, 3.63) is 41.5 Å². The molecule has 8 nitrogen and oxygen atoms in total. The minimum atomic E-state index is -0.598. The number of furan rings is 1. The van der Waals surface area contributed by atoms with Crippen molar-refractivity contribution in [2.24, 2.45) is 10.7 Å². The van der Waals surface area contributed by atoms with E-state index in [1.807, 2.05) is 6.92 Å². The van der Waals surface area contributed by atoms with Crippen molar-refractivity contribution in [3.63, 3.8) is 0 Å². The summed E-state index contributed by atoms with van der Waals surface area (Å²) in [4.78, 5) is 19.7. The molecule has 26 heavy (non-hydrogen) atoms. The summed E-state index contributed by atoms with van der Waals surface area (Å²) in [5.41, 5.74) is 5.08. The topological polar surface area (TPSA) is 119 Å². The Hall–Kier alpha value is -2.04. The van der Waals surface area contributed by atoms with Gasteiger partial charge >= 0.3 is 0 Å². The zero-order valence-corrected chi connectivity index (χ0v) is 17.8. The highest BCUT2D eigenvalue weighted by Gasteiger charge is 2.19. The first-order valence-electron chi connectivity index (χ1n) is 8.15. The zero-order valence-electron chi connectivity index (χ0n) is 15.5. The molecule has 0 aliphatic rings. The Bertz CT molecular complexity index is 746. The number of rotatable bonds is 6. The minimum Gasteiger partial charge on any atom is -0.454 e. The van der Waals surface area contributed by atoms with E-state index < -0.39 is 5.91 Å². The lowest BCUT2D eigenvalue weighted by Crippen LogP contribution is -2.36. The van der Waals surface area contributed by atoms with E-state index in [1.54, 1.807) is 12.3 Å². The Morgan fingerprint density at radius 1 is 1.27 bits per heavy atom. The van der Waals surface area contributed by atoms with Crippen LogP contribution in [-0.2, 0) is 18.5 Å². The quantitative estimate of drug-likeness (QED) is 0.336. The highest BCUT2D eigenvalue weighted by Crippen LogP contribution is 2.22. The van der Waals surface area contributed by atoms with E-state index in [2.05, 4.69) is 41.4 Å². The third-order valence-electron chi connectivity index (χ3n) is 3.34. The number of hydrogen-bond donors (Lipinski definition) is 3. The van der Waals surface area contributed by atoms with Crippen molar-refractivity contribution >= 4 is 35.8 Å². The van der Waals surface area contributed by atoms with Crippen LogP contribution in [0, 0.1) is 0 Å². The predicted octanol–water partition coefficient (Wildman–Crippen LogP) is 2.54. The Labute approximate surface area is 170 Å². The number of guanidine groups is 1. The van der Waals surface area contributed by atoms with E-state index in [4.69, 9.17) is 14.6 Å². The molecule has 0 aromatic carbocycles. The van der Waals surface area contributed by atoms with Crippen molar-refractivity contribution in [1.29, 1.82) is 0 Å². The molecule has 2 aromatic heterocycles. The second-order valence-corrected chi connectivity index (χ2v) is 6.55. The number of aliphatic imine (C=N–C) groups is 1. The maximum Gasteiger partial charge on any atom is 0.284 e. The summed E-state index contributed by atoms with van der Waals surface area (Å²) in [6.45, 7) is 9.57. The van der Waals surface area contributed by atoms with Crippen molar-refractivity contribution in [2.75, 3.05) is 6.54 Å². The van der Waals surface area contributed by atoms with Gasteiger partial charge in [-0.1, -0.05) is 20.8 Å². The lowest BCUT2D eigenvalue weighted by molar-refractivity contribution is 0.0972. The molecule has 0 spiro atoms. The summed E-state index contributed by atoms with van der Waals surface area (Å²) in [5.74, 6) is 2.09. The van der Waals surface area contributed by atoms with Gasteiger partial charge in [-0.25, -0.2) is 9.98 Å². The summed E-state index contributed by atoms with van der Waals surface area (Å²) in [6, 6.07) is 3.21. The van der Waals surface area contributed by atoms with Crippen LogP contribution in [0.25, 0.3) is 0 Å². The number of halogens is 1. The van der Waals surface area contributed by atoms with Gasteiger partial charge in [0.15, 0.2) is 11.7 Å². The van der Waals surface area contributed by atoms with Gasteiger partial charge in [-0.05, 0) is 19.1 Å². The molecule has 144 valence electrons. The molecule has 0 saturated carbocycles. The van der Waals surface area contributed by atoms with Crippen LogP contribution in [0.4, 0.5) is 0 Å². The summed E-state index contributed by atoms with van der Waals surface area (Å²) in [7, 11) is 0. The smallest absolute Gasteiger partial charge is 0.284 e. The van der Waals surface area contributed by atoms with Gasteiger partial charge in [-0.15, -0.1) is 24.0 Å². The SMILES string of the molecule is CCNC(=NCc1ccc(C(N)=O)o1)NCc1ncc(C(C)(C)C)o1.I. The molecule has 9 heteroatoms. The Balaban J connectivity index is 0.00000338. The van der Waals surface area contributed by atoms with Crippen molar-refractivity contribution in [2.45, 2.75) is 46.2 Å². The molecule has 0 saturated heterocycles. The number of amides is 1. The molecule has 0 bridgehead atoms. The van der Waals surface area contributed by atoms with Crippen LogP contribution in [0.5, 0.6) is 0 Å². The van der Waals surface area contributed by atoms with Crippen LogP contribution in [0.15, 0.2) is 32.2 Å². The molecule has 0 aliphatic carbocycles. The Kier molecular flexibility index (Phi) is 8.12. The molecule has 4 N–H and O–H groups in total. The van der Waals surface area contributed by atoms with Crippen LogP contribution in [0.3, 0.4) is 0 Å².